The van der Waals surface area contributed by atoms with Gasteiger partial charge in [-0.25, -0.2) is 4.79 Å². The van der Waals surface area contributed by atoms with Crippen molar-refractivity contribution < 1.29 is 19.4 Å². The Morgan fingerprint density at radius 3 is 2.36 bits per heavy atom. The highest BCUT2D eigenvalue weighted by Gasteiger charge is 2.25. The normalized spacial score (nSPS) is 12.2. The summed E-state index contributed by atoms with van der Waals surface area (Å²) in [6, 6.07) is 14.7. The lowest BCUT2D eigenvalue weighted by Gasteiger charge is -2.24. The van der Waals surface area contributed by atoms with Crippen molar-refractivity contribution in [3.8, 4) is 11.1 Å². The fourth-order valence-corrected chi connectivity index (χ4v) is 3.00. The third-order valence-electron chi connectivity index (χ3n) is 4.31. The summed E-state index contributed by atoms with van der Waals surface area (Å²) in [5, 5.41) is 9.21. The van der Waals surface area contributed by atoms with E-state index in [1.54, 1.807) is 18.2 Å². The monoisotopic (exact) mass is 380 g/mol. The molecule has 2 rings (SSSR count). The number of carboxylic acid groups (broad SMARTS) is 1. The Bertz CT molecular complexity index is 846. The molecule has 0 fully saturated rings. The fourth-order valence-electron chi connectivity index (χ4n) is 3.00. The van der Waals surface area contributed by atoms with Crippen molar-refractivity contribution in [2.24, 2.45) is 5.92 Å². The van der Waals surface area contributed by atoms with Crippen LogP contribution in [0, 0.1) is 5.92 Å². The van der Waals surface area contributed by atoms with Gasteiger partial charge in [0.1, 0.15) is 5.60 Å². The molecular formula is C24H28O4. The van der Waals surface area contributed by atoms with Gasteiger partial charge in [-0.3, -0.25) is 4.79 Å². The molecule has 0 aliphatic rings. The Kier molecular flexibility index (Phi) is 7.16. The van der Waals surface area contributed by atoms with Gasteiger partial charge in [-0.15, -0.1) is 6.58 Å². The molecule has 4 heteroatoms. The Morgan fingerprint density at radius 1 is 1.11 bits per heavy atom. The second-order valence-corrected chi connectivity index (χ2v) is 7.89. The molecular weight excluding hydrogens is 352 g/mol. The van der Waals surface area contributed by atoms with Crippen LogP contribution in [0.5, 0.6) is 0 Å². The van der Waals surface area contributed by atoms with E-state index >= 15 is 0 Å². The first-order chi connectivity index (χ1) is 13.2. The number of benzene rings is 2. The number of rotatable bonds is 8. The van der Waals surface area contributed by atoms with Crippen LogP contribution in [-0.2, 0) is 16.0 Å². The van der Waals surface area contributed by atoms with Crippen molar-refractivity contribution >= 4 is 11.9 Å². The molecule has 28 heavy (non-hydrogen) atoms. The zero-order chi connectivity index (χ0) is 20.7. The van der Waals surface area contributed by atoms with Crippen LogP contribution in [0.25, 0.3) is 11.1 Å². The van der Waals surface area contributed by atoms with Crippen LogP contribution in [0.2, 0.25) is 0 Å². The van der Waals surface area contributed by atoms with Crippen LogP contribution in [-0.4, -0.2) is 22.6 Å². The number of carbonyl (C=O) groups excluding carboxylic acids is 1. The van der Waals surface area contributed by atoms with Gasteiger partial charge in [-0.1, -0.05) is 42.5 Å². The average molecular weight is 380 g/mol. The van der Waals surface area contributed by atoms with Gasteiger partial charge in [0, 0.05) is 0 Å². The minimum absolute atomic E-state index is 0.201. The third kappa shape index (κ3) is 6.38. The van der Waals surface area contributed by atoms with Crippen LogP contribution in [0.3, 0.4) is 0 Å². The van der Waals surface area contributed by atoms with E-state index < -0.39 is 11.6 Å². The second kappa shape index (κ2) is 9.36. The molecule has 1 N–H and O–H groups in total. The zero-order valence-corrected chi connectivity index (χ0v) is 16.8. The predicted molar refractivity (Wildman–Crippen MR) is 111 cm³/mol. The van der Waals surface area contributed by atoms with Crippen molar-refractivity contribution in [2.45, 2.75) is 45.6 Å². The molecule has 1 atom stereocenters. The van der Waals surface area contributed by atoms with Crippen molar-refractivity contribution in [3.05, 3.63) is 72.3 Å². The Morgan fingerprint density at radius 2 is 1.75 bits per heavy atom. The number of hydrogen-bond donors (Lipinski definition) is 1. The molecule has 0 saturated carbocycles. The lowest BCUT2D eigenvalue weighted by molar-refractivity contribution is -0.160. The standard InChI is InChI=1S/C24H28O4/c1-5-6-10-21(23(27)28-24(2,3)4)15-17-9-7-11-18(14-17)19-12-8-13-20(16-19)22(25)26/h5,7-9,11-14,16,21H,1,6,10,15H2,2-4H3,(H,25,26)/t21-/m1/s1. The van der Waals surface area contributed by atoms with Gasteiger partial charge in [-0.05, 0) is 68.9 Å². The van der Waals surface area contributed by atoms with Crippen molar-refractivity contribution in [1.82, 2.24) is 0 Å². The first kappa shape index (κ1) is 21.4. The van der Waals surface area contributed by atoms with E-state index in [-0.39, 0.29) is 17.5 Å². The van der Waals surface area contributed by atoms with Crippen LogP contribution in [0.15, 0.2) is 61.2 Å². The van der Waals surface area contributed by atoms with E-state index in [1.165, 1.54) is 0 Å². The highest BCUT2D eigenvalue weighted by Crippen LogP contribution is 2.25. The third-order valence-corrected chi connectivity index (χ3v) is 4.31. The minimum atomic E-state index is -0.951. The molecule has 0 saturated heterocycles. The quantitative estimate of drug-likeness (QED) is 0.484. The molecule has 0 unspecified atom stereocenters. The number of carbonyl (C=O) groups is 2. The fraction of sp³-hybridized carbons (Fsp3) is 0.333. The van der Waals surface area contributed by atoms with E-state index in [0.29, 0.717) is 12.8 Å². The molecule has 0 radical (unpaired) electrons. The van der Waals surface area contributed by atoms with E-state index in [4.69, 9.17) is 4.74 Å². The molecule has 4 nitrogen and oxygen atoms in total. The summed E-state index contributed by atoms with van der Waals surface area (Å²) in [4.78, 5) is 23.8. The van der Waals surface area contributed by atoms with E-state index in [2.05, 4.69) is 6.58 Å². The van der Waals surface area contributed by atoms with Gasteiger partial charge in [0.05, 0.1) is 11.5 Å². The Balaban J connectivity index is 2.25. The van der Waals surface area contributed by atoms with Gasteiger partial charge < -0.3 is 9.84 Å². The average Bonchev–Trinajstić information content (AvgIpc) is 2.64. The van der Waals surface area contributed by atoms with Crippen LogP contribution in [0.1, 0.15) is 49.5 Å². The molecule has 0 aliphatic carbocycles. The van der Waals surface area contributed by atoms with Crippen molar-refractivity contribution in [2.75, 3.05) is 0 Å². The minimum Gasteiger partial charge on any atom is -0.478 e. The van der Waals surface area contributed by atoms with Gasteiger partial charge in [0.2, 0.25) is 0 Å². The van der Waals surface area contributed by atoms with E-state index in [9.17, 15) is 14.7 Å². The largest absolute Gasteiger partial charge is 0.478 e. The summed E-state index contributed by atoms with van der Waals surface area (Å²) < 4.78 is 5.59. The Labute approximate surface area is 166 Å². The highest BCUT2D eigenvalue weighted by molar-refractivity contribution is 5.89. The van der Waals surface area contributed by atoms with Gasteiger partial charge >= 0.3 is 11.9 Å². The summed E-state index contributed by atoms with van der Waals surface area (Å²) in [5.41, 5.74) is 2.50. The Hall–Kier alpha value is -2.88. The van der Waals surface area contributed by atoms with Gasteiger partial charge in [0.15, 0.2) is 0 Å². The number of esters is 1. The molecule has 0 bridgehead atoms. The lowest BCUT2D eigenvalue weighted by Crippen LogP contribution is -2.29. The SMILES string of the molecule is C=CCC[C@H](Cc1cccc(-c2cccc(C(=O)O)c2)c1)C(=O)OC(C)(C)C. The first-order valence-corrected chi connectivity index (χ1v) is 9.46. The zero-order valence-electron chi connectivity index (χ0n) is 16.8. The molecule has 2 aromatic rings. The van der Waals surface area contributed by atoms with E-state index in [1.807, 2.05) is 57.2 Å². The highest BCUT2D eigenvalue weighted by atomic mass is 16.6. The molecule has 0 spiro atoms. The summed E-state index contributed by atoms with van der Waals surface area (Å²) in [7, 11) is 0. The summed E-state index contributed by atoms with van der Waals surface area (Å²) in [6.07, 6.45) is 3.79. The summed E-state index contributed by atoms with van der Waals surface area (Å²) in [6.45, 7) is 9.35. The van der Waals surface area contributed by atoms with Crippen LogP contribution < -0.4 is 0 Å². The molecule has 0 aliphatic heterocycles. The summed E-state index contributed by atoms with van der Waals surface area (Å²) >= 11 is 0. The molecule has 2 aromatic carbocycles. The molecule has 148 valence electrons. The number of carboxylic acids is 1. The predicted octanol–water partition coefficient (Wildman–Crippen LogP) is 5.52. The number of ether oxygens (including phenoxy) is 1. The van der Waals surface area contributed by atoms with Gasteiger partial charge in [0.25, 0.3) is 0 Å². The maximum absolute atomic E-state index is 12.6. The smallest absolute Gasteiger partial charge is 0.335 e. The molecule has 0 aromatic heterocycles. The van der Waals surface area contributed by atoms with Crippen molar-refractivity contribution in [1.29, 1.82) is 0 Å². The lowest BCUT2D eigenvalue weighted by atomic mass is 9.92. The van der Waals surface area contributed by atoms with Crippen molar-refractivity contribution in [3.63, 3.8) is 0 Å². The van der Waals surface area contributed by atoms with Crippen LogP contribution in [0.4, 0.5) is 0 Å². The maximum Gasteiger partial charge on any atom is 0.335 e. The number of hydrogen-bond acceptors (Lipinski definition) is 3. The molecule has 0 heterocycles. The first-order valence-electron chi connectivity index (χ1n) is 9.46. The van der Waals surface area contributed by atoms with E-state index in [0.717, 1.165) is 23.1 Å². The second-order valence-electron chi connectivity index (χ2n) is 7.89. The molecule has 0 amide bonds. The maximum atomic E-state index is 12.6. The van der Waals surface area contributed by atoms with Gasteiger partial charge in [-0.2, -0.15) is 0 Å². The summed E-state index contributed by atoms with van der Waals surface area (Å²) in [5.74, 6) is -1.40. The number of allylic oxidation sites excluding steroid dienone is 1. The van der Waals surface area contributed by atoms with Crippen LogP contribution >= 0.6 is 0 Å². The number of aromatic carboxylic acids is 1. The topological polar surface area (TPSA) is 63.6 Å².